The predicted octanol–water partition coefficient (Wildman–Crippen LogP) is 5.35. The minimum absolute atomic E-state index is 0.217. The molecule has 0 aliphatic heterocycles. The first-order chi connectivity index (χ1) is 10.2. The van der Waals surface area contributed by atoms with Crippen LogP contribution in [0.1, 0.15) is 29.8 Å². The van der Waals surface area contributed by atoms with Crippen molar-refractivity contribution in [1.29, 1.82) is 0 Å². The number of benzene rings is 1. The number of nitrogens with one attached hydrogen (secondary N) is 1. The summed E-state index contributed by atoms with van der Waals surface area (Å²) in [5.74, 6) is 0.899. The lowest BCUT2D eigenvalue weighted by Gasteiger charge is -2.18. The standard InChI is InChI=1S/C16H19Cl2NOS/c1-3-7-19-14(15-9-12(20-2)10-21-15)8-11-5-4-6-13(17)16(11)18/h4-6,9-10,14,19H,3,7-8H2,1-2H3. The Morgan fingerprint density at radius 2 is 2.14 bits per heavy atom. The maximum absolute atomic E-state index is 6.31. The molecule has 1 atom stereocenters. The van der Waals surface area contributed by atoms with Crippen LogP contribution in [0.4, 0.5) is 0 Å². The first-order valence-electron chi connectivity index (χ1n) is 6.94. The number of thiophene rings is 1. The van der Waals surface area contributed by atoms with Gasteiger partial charge in [-0.3, -0.25) is 0 Å². The molecule has 0 radical (unpaired) electrons. The largest absolute Gasteiger partial charge is 0.496 e. The van der Waals surface area contributed by atoms with Crippen LogP contribution in [0.5, 0.6) is 5.75 Å². The van der Waals surface area contributed by atoms with E-state index in [9.17, 15) is 0 Å². The van der Waals surface area contributed by atoms with Gasteiger partial charge in [0.15, 0.2) is 0 Å². The number of halogens is 2. The molecule has 0 aliphatic rings. The third-order valence-corrected chi connectivity index (χ3v) is 5.15. The maximum Gasteiger partial charge on any atom is 0.129 e. The van der Waals surface area contributed by atoms with Crippen LogP contribution >= 0.6 is 34.5 Å². The first kappa shape index (κ1) is 16.6. The highest BCUT2D eigenvalue weighted by atomic mass is 35.5. The fraction of sp³-hybridized carbons (Fsp3) is 0.375. The van der Waals surface area contributed by atoms with Crippen molar-refractivity contribution in [3.8, 4) is 5.75 Å². The summed E-state index contributed by atoms with van der Waals surface area (Å²) in [6.07, 6.45) is 1.89. The van der Waals surface area contributed by atoms with Crippen molar-refractivity contribution in [2.75, 3.05) is 13.7 Å². The normalized spacial score (nSPS) is 12.4. The molecule has 0 fully saturated rings. The summed E-state index contributed by atoms with van der Waals surface area (Å²) in [5.41, 5.74) is 1.06. The van der Waals surface area contributed by atoms with Crippen molar-refractivity contribution < 1.29 is 4.74 Å². The van der Waals surface area contributed by atoms with E-state index in [2.05, 4.69) is 18.3 Å². The van der Waals surface area contributed by atoms with Gasteiger partial charge >= 0.3 is 0 Å². The van der Waals surface area contributed by atoms with Gasteiger partial charge in [-0.1, -0.05) is 42.3 Å². The van der Waals surface area contributed by atoms with E-state index in [1.165, 1.54) is 4.88 Å². The van der Waals surface area contributed by atoms with Gasteiger partial charge in [0.1, 0.15) is 5.75 Å². The molecule has 1 N–H and O–H groups in total. The molecule has 1 unspecified atom stereocenters. The Bertz CT molecular complexity index is 585. The van der Waals surface area contributed by atoms with E-state index in [-0.39, 0.29) is 6.04 Å². The first-order valence-corrected chi connectivity index (χ1v) is 8.58. The van der Waals surface area contributed by atoms with E-state index < -0.39 is 0 Å². The monoisotopic (exact) mass is 343 g/mol. The maximum atomic E-state index is 6.31. The highest BCUT2D eigenvalue weighted by Crippen LogP contribution is 2.32. The van der Waals surface area contributed by atoms with Crippen LogP contribution in [-0.2, 0) is 6.42 Å². The molecule has 21 heavy (non-hydrogen) atoms. The van der Waals surface area contributed by atoms with Gasteiger partial charge in [-0.2, -0.15) is 0 Å². The summed E-state index contributed by atoms with van der Waals surface area (Å²) in [6.45, 7) is 3.12. The quantitative estimate of drug-likeness (QED) is 0.731. The molecule has 0 bridgehead atoms. The zero-order chi connectivity index (χ0) is 15.2. The molecule has 0 spiro atoms. The van der Waals surface area contributed by atoms with Gasteiger partial charge in [-0.25, -0.2) is 0 Å². The van der Waals surface area contributed by atoms with Crippen molar-refractivity contribution in [1.82, 2.24) is 5.32 Å². The molecule has 5 heteroatoms. The molecule has 2 nitrogen and oxygen atoms in total. The Labute approximate surface area is 140 Å². The third-order valence-electron chi connectivity index (χ3n) is 3.27. The Morgan fingerprint density at radius 1 is 1.33 bits per heavy atom. The lowest BCUT2D eigenvalue weighted by molar-refractivity contribution is 0.415. The van der Waals surface area contributed by atoms with Crippen molar-refractivity contribution in [3.63, 3.8) is 0 Å². The van der Waals surface area contributed by atoms with Crippen LogP contribution in [0, 0.1) is 0 Å². The van der Waals surface area contributed by atoms with Crippen molar-refractivity contribution in [2.24, 2.45) is 0 Å². The molecule has 1 heterocycles. The van der Waals surface area contributed by atoms with Gasteiger partial charge < -0.3 is 10.1 Å². The molecule has 2 aromatic rings. The predicted molar refractivity (Wildman–Crippen MR) is 92.1 cm³/mol. The number of hydrogen-bond acceptors (Lipinski definition) is 3. The van der Waals surface area contributed by atoms with Gasteiger partial charge in [0.25, 0.3) is 0 Å². The zero-order valence-corrected chi connectivity index (χ0v) is 14.5. The minimum Gasteiger partial charge on any atom is -0.496 e. The smallest absolute Gasteiger partial charge is 0.129 e. The van der Waals surface area contributed by atoms with Gasteiger partial charge in [-0.15, -0.1) is 11.3 Å². The molecule has 114 valence electrons. The number of methoxy groups -OCH3 is 1. The molecular formula is C16H19Cl2NOS. The van der Waals surface area contributed by atoms with Crippen LogP contribution in [0.15, 0.2) is 29.6 Å². The van der Waals surface area contributed by atoms with E-state index >= 15 is 0 Å². The second-order valence-electron chi connectivity index (χ2n) is 4.81. The van der Waals surface area contributed by atoms with Crippen molar-refractivity contribution >= 4 is 34.5 Å². The fourth-order valence-electron chi connectivity index (χ4n) is 2.14. The molecule has 0 amide bonds. The van der Waals surface area contributed by atoms with Gasteiger partial charge in [0, 0.05) is 16.3 Å². The molecule has 0 saturated carbocycles. The van der Waals surface area contributed by atoms with Crippen LogP contribution in [0.25, 0.3) is 0 Å². The SMILES string of the molecule is CCCNC(Cc1cccc(Cl)c1Cl)c1cc(OC)cs1. The zero-order valence-electron chi connectivity index (χ0n) is 12.2. The third kappa shape index (κ3) is 4.36. The van der Waals surface area contributed by atoms with E-state index in [1.807, 2.05) is 23.6 Å². The van der Waals surface area contributed by atoms with Crippen LogP contribution in [0.2, 0.25) is 10.0 Å². The molecule has 1 aromatic heterocycles. The number of hydrogen-bond donors (Lipinski definition) is 1. The van der Waals surface area contributed by atoms with E-state index in [1.54, 1.807) is 18.4 Å². The van der Waals surface area contributed by atoms with Gasteiger partial charge in [0.2, 0.25) is 0 Å². The second kappa shape index (κ2) is 8.04. The van der Waals surface area contributed by atoms with E-state index in [4.69, 9.17) is 27.9 Å². The summed E-state index contributed by atoms with van der Waals surface area (Å²) in [7, 11) is 1.69. The Hall–Kier alpha value is -0.740. The lowest BCUT2D eigenvalue weighted by atomic mass is 10.0. The molecule has 0 aliphatic carbocycles. The summed E-state index contributed by atoms with van der Waals surface area (Å²) in [5, 5.41) is 6.84. The van der Waals surface area contributed by atoms with Gasteiger partial charge in [-0.05, 0) is 37.1 Å². The topological polar surface area (TPSA) is 21.3 Å². The molecule has 1 aromatic carbocycles. The molecule has 2 rings (SSSR count). The van der Waals surface area contributed by atoms with Crippen LogP contribution < -0.4 is 10.1 Å². The molecular weight excluding hydrogens is 325 g/mol. The lowest BCUT2D eigenvalue weighted by Crippen LogP contribution is -2.23. The van der Waals surface area contributed by atoms with E-state index in [0.29, 0.717) is 10.0 Å². The Kier molecular flexibility index (Phi) is 6.37. The number of rotatable bonds is 7. The summed E-state index contributed by atoms with van der Waals surface area (Å²) >= 11 is 14.1. The fourth-order valence-corrected chi connectivity index (χ4v) is 3.47. The second-order valence-corrected chi connectivity index (χ2v) is 6.54. The van der Waals surface area contributed by atoms with Gasteiger partial charge in [0.05, 0.1) is 17.2 Å². The minimum atomic E-state index is 0.217. The highest BCUT2D eigenvalue weighted by Gasteiger charge is 2.16. The summed E-state index contributed by atoms with van der Waals surface area (Å²) in [6, 6.07) is 8.08. The summed E-state index contributed by atoms with van der Waals surface area (Å²) < 4.78 is 5.28. The summed E-state index contributed by atoms with van der Waals surface area (Å²) in [4.78, 5) is 1.25. The highest BCUT2D eigenvalue weighted by molar-refractivity contribution is 7.10. The van der Waals surface area contributed by atoms with Crippen molar-refractivity contribution in [3.05, 3.63) is 50.1 Å². The van der Waals surface area contributed by atoms with E-state index in [0.717, 1.165) is 30.7 Å². The Morgan fingerprint density at radius 3 is 2.81 bits per heavy atom. The Balaban J connectivity index is 2.21. The number of ether oxygens (including phenoxy) is 1. The van der Waals surface area contributed by atoms with Crippen LogP contribution in [-0.4, -0.2) is 13.7 Å². The molecule has 0 saturated heterocycles. The van der Waals surface area contributed by atoms with Crippen LogP contribution in [0.3, 0.4) is 0 Å². The van der Waals surface area contributed by atoms with Crippen molar-refractivity contribution in [2.45, 2.75) is 25.8 Å². The average Bonchev–Trinajstić information content (AvgIpc) is 2.96. The average molecular weight is 344 g/mol.